The summed E-state index contributed by atoms with van der Waals surface area (Å²) in [4.78, 5) is 29.8. The maximum atomic E-state index is 11.3. The highest BCUT2D eigenvalue weighted by molar-refractivity contribution is 5.92. The van der Waals surface area contributed by atoms with Crippen molar-refractivity contribution in [3.63, 3.8) is 0 Å². The van der Waals surface area contributed by atoms with Crippen LogP contribution in [-0.4, -0.2) is 42.3 Å². The van der Waals surface area contributed by atoms with E-state index in [-0.39, 0.29) is 12.0 Å². The van der Waals surface area contributed by atoms with E-state index in [1.165, 1.54) is 24.8 Å². The van der Waals surface area contributed by atoms with Gasteiger partial charge in [0.1, 0.15) is 0 Å². The molecule has 2 aromatic heterocycles. The molecular formula is C10H6N6O4. The highest BCUT2D eigenvalue weighted by Crippen LogP contribution is 1.98. The van der Waals surface area contributed by atoms with Crippen molar-refractivity contribution in [3.05, 3.63) is 36.9 Å². The molecule has 0 aliphatic heterocycles. The fourth-order valence-electron chi connectivity index (χ4n) is 0.949. The van der Waals surface area contributed by atoms with E-state index in [2.05, 4.69) is 39.8 Å². The van der Waals surface area contributed by atoms with Crippen LogP contribution < -0.4 is 9.47 Å². The fraction of sp³-hybridized carbons (Fsp3) is 0. The fourth-order valence-corrected chi connectivity index (χ4v) is 0.949. The molecule has 10 heteroatoms. The van der Waals surface area contributed by atoms with E-state index in [1.54, 1.807) is 0 Å². The molecule has 0 aliphatic carbocycles. The summed E-state index contributed by atoms with van der Waals surface area (Å²) >= 11 is 0. The molecule has 2 rings (SSSR count). The van der Waals surface area contributed by atoms with E-state index in [0.717, 1.165) is 12.2 Å². The molecule has 0 fully saturated rings. The number of rotatable bonds is 4. The number of carbonyl (C=O) groups excluding carboxylic acids is 2. The molecule has 0 aromatic carbocycles. The summed E-state index contributed by atoms with van der Waals surface area (Å²) in [5, 5.41) is 13.8. The topological polar surface area (TPSA) is 130 Å². The molecule has 2 heterocycles. The van der Waals surface area contributed by atoms with Crippen molar-refractivity contribution in [2.45, 2.75) is 0 Å². The van der Waals surface area contributed by atoms with Crippen molar-refractivity contribution in [2.24, 2.45) is 0 Å². The summed E-state index contributed by atoms with van der Waals surface area (Å²) in [6.07, 6.45) is 6.92. The van der Waals surface area contributed by atoms with Crippen LogP contribution in [0.4, 0.5) is 0 Å². The van der Waals surface area contributed by atoms with Gasteiger partial charge >= 0.3 is 24.0 Å². The first-order chi connectivity index (χ1) is 9.74. The molecule has 0 bridgehead atoms. The third-order valence-electron chi connectivity index (χ3n) is 1.66. The Morgan fingerprint density at radius 2 is 1.25 bits per heavy atom. The largest absolute Gasteiger partial charge is 0.386 e. The maximum absolute atomic E-state index is 11.3. The van der Waals surface area contributed by atoms with Gasteiger partial charge in [0.2, 0.25) is 0 Å². The second-order valence-electron chi connectivity index (χ2n) is 3.03. The molecule has 2 aromatic rings. The summed E-state index contributed by atoms with van der Waals surface area (Å²) in [6.45, 7) is 0. The number of carbonyl (C=O) groups is 2. The molecule has 0 radical (unpaired) electrons. The standard InChI is InChI=1S/C10H6N6O4/c17-7(19-9-11-3-5-13-15-9)1-2-8(18)20-10-12-4-6-14-16-10/h1-6H/b2-1+. The van der Waals surface area contributed by atoms with Gasteiger partial charge in [0.25, 0.3) is 0 Å². The molecule has 0 saturated carbocycles. The lowest BCUT2D eigenvalue weighted by atomic mass is 10.5. The Morgan fingerprint density at radius 3 is 1.60 bits per heavy atom. The lowest BCUT2D eigenvalue weighted by Gasteiger charge is -1.97. The van der Waals surface area contributed by atoms with Crippen LogP contribution in [0.5, 0.6) is 12.0 Å². The zero-order valence-corrected chi connectivity index (χ0v) is 9.78. The number of aromatic nitrogens is 6. The van der Waals surface area contributed by atoms with Crippen LogP contribution in [-0.2, 0) is 9.59 Å². The van der Waals surface area contributed by atoms with Crippen LogP contribution in [0.2, 0.25) is 0 Å². The van der Waals surface area contributed by atoms with Crippen LogP contribution in [0.15, 0.2) is 36.9 Å². The van der Waals surface area contributed by atoms with Gasteiger partial charge < -0.3 is 9.47 Å². The Kier molecular flexibility index (Phi) is 4.33. The summed E-state index contributed by atoms with van der Waals surface area (Å²) in [5.41, 5.74) is 0. The molecule has 10 nitrogen and oxygen atoms in total. The van der Waals surface area contributed by atoms with E-state index in [0.29, 0.717) is 0 Å². The van der Waals surface area contributed by atoms with E-state index in [1.807, 2.05) is 0 Å². The van der Waals surface area contributed by atoms with Crippen molar-refractivity contribution in [1.82, 2.24) is 30.4 Å². The summed E-state index contributed by atoms with van der Waals surface area (Å²) in [6, 6.07) is -0.461. The van der Waals surface area contributed by atoms with E-state index >= 15 is 0 Å². The quantitative estimate of drug-likeness (QED) is 0.511. The van der Waals surface area contributed by atoms with Gasteiger partial charge in [0, 0.05) is 12.2 Å². The Balaban J connectivity index is 1.86. The number of esters is 2. The Bertz CT molecular complexity index is 563. The highest BCUT2D eigenvalue weighted by atomic mass is 16.6. The SMILES string of the molecule is O=C(/C=C/C(=O)Oc1nccnn1)Oc1nccnn1. The van der Waals surface area contributed by atoms with Gasteiger partial charge in [-0.1, -0.05) is 10.2 Å². The van der Waals surface area contributed by atoms with Crippen molar-refractivity contribution < 1.29 is 19.1 Å². The van der Waals surface area contributed by atoms with Gasteiger partial charge in [-0.3, -0.25) is 0 Å². The molecule has 0 unspecified atom stereocenters. The minimum absolute atomic E-state index is 0.230. The molecule has 100 valence electrons. The lowest BCUT2D eigenvalue weighted by Crippen LogP contribution is -2.11. The van der Waals surface area contributed by atoms with Crippen LogP contribution in [0.3, 0.4) is 0 Å². The van der Waals surface area contributed by atoms with Gasteiger partial charge in [-0.2, -0.15) is 10.2 Å². The molecule has 0 aliphatic rings. The number of hydrogen-bond donors (Lipinski definition) is 0. The van der Waals surface area contributed by atoms with Crippen LogP contribution in [0.25, 0.3) is 0 Å². The first-order valence-electron chi connectivity index (χ1n) is 5.13. The van der Waals surface area contributed by atoms with E-state index < -0.39 is 11.9 Å². The Labute approximate surface area is 111 Å². The van der Waals surface area contributed by atoms with Crippen LogP contribution >= 0.6 is 0 Å². The molecule has 0 atom stereocenters. The van der Waals surface area contributed by atoms with Gasteiger partial charge in [-0.25, -0.2) is 19.6 Å². The number of hydrogen-bond acceptors (Lipinski definition) is 10. The average molecular weight is 274 g/mol. The number of ether oxygens (including phenoxy) is 2. The highest BCUT2D eigenvalue weighted by Gasteiger charge is 2.06. The molecule has 0 spiro atoms. The van der Waals surface area contributed by atoms with Crippen molar-refractivity contribution in [3.8, 4) is 12.0 Å². The molecule has 0 saturated heterocycles. The van der Waals surface area contributed by atoms with E-state index in [9.17, 15) is 9.59 Å². The van der Waals surface area contributed by atoms with Gasteiger partial charge in [0.15, 0.2) is 0 Å². The first-order valence-corrected chi connectivity index (χ1v) is 5.13. The maximum Gasteiger partial charge on any atom is 0.343 e. The minimum Gasteiger partial charge on any atom is -0.386 e. The second-order valence-corrected chi connectivity index (χ2v) is 3.03. The first kappa shape index (κ1) is 13.1. The van der Waals surface area contributed by atoms with Crippen molar-refractivity contribution >= 4 is 11.9 Å². The zero-order valence-electron chi connectivity index (χ0n) is 9.78. The van der Waals surface area contributed by atoms with Crippen LogP contribution in [0, 0.1) is 0 Å². The molecular weight excluding hydrogens is 268 g/mol. The smallest absolute Gasteiger partial charge is 0.343 e. The summed E-state index contributed by atoms with van der Waals surface area (Å²) < 4.78 is 9.31. The predicted molar refractivity (Wildman–Crippen MR) is 60.1 cm³/mol. The third-order valence-corrected chi connectivity index (χ3v) is 1.66. The lowest BCUT2D eigenvalue weighted by molar-refractivity contribution is -0.132. The van der Waals surface area contributed by atoms with Gasteiger partial charge in [0.05, 0.1) is 24.8 Å². The zero-order chi connectivity index (χ0) is 14.2. The predicted octanol–water partition coefficient (Wildman–Crippen LogP) is -0.876. The second kappa shape index (κ2) is 6.58. The molecule has 20 heavy (non-hydrogen) atoms. The molecule has 0 N–H and O–H groups in total. The normalized spacial score (nSPS) is 10.2. The van der Waals surface area contributed by atoms with Crippen molar-refractivity contribution in [1.29, 1.82) is 0 Å². The summed E-state index contributed by atoms with van der Waals surface area (Å²) in [5.74, 6) is -1.72. The minimum atomic E-state index is -0.859. The van der Waals surface area contributed by atoms with Gasteiger partial charge in [-0.05, 0) is 0 Å². The third kappa shape index (κ3) is 4.18. The van der Waals surface area contributed by atoms with Gasteiger partial charge in [-0.15, -0.1) is 0 Å². The van der Waals surface area contributed by atoms with Crippen LogP contribution in [0.1, 0.15) is 0 Å². The monoisotopic (exact) mass is 274 g/mol. The Hall–Kier alpha value is -3.30. The average Bonchev–Trinajstić information content (AvgIpc) is 2.47. The summed E-state index contributed by atoms with van der Waals surface area (Å²) in [7, 11) is 0. The number of nitrogens with zero attached hydrogens (tertiary/aromatic N) is 6. The van der Waals surface area contributed by atoms with E-state index in [4.69, 9.17) is 0 Å². The Morgan fingerprint density at radius 1 is 0.800 bits per heavy atom. The molecule has 0 amide bonds. The van der Waals surface area contributed by atoms with Crippen molar-refractivity contribution in [2.75, 3.05) is 0 Å².